The van der Waals surface area contributed by atoms with E-state index in [0.717, 1.165) is 11.6 Å². The van der Waals surface area contributed by atoms with E-state index in [1.165, 1.54) is 22.8 Å². The van der Waals surface area contributed by atoms with Crippen molar-refractivity contribution in [2.24, 2.45) is 5.92 Å². The van der Waals surface area contributed by atoms with E-state index in [-0.39, 0.29) is 0 Å². The van der Waals surface area contributed by atoms with Gasteiger partial charge in [0.25, 0.3) is 0 Å². The van der Waals surface area contributed by atoms with Crippen LogP contribution in [0.5, 0.6) is 5.75 Å². The highest BCUT2D eigenvalue weighted by atomic mass is 35.5. The van der Waals surface area contributed by atoms with Gasteiger partial charge < -0.3 is 4.74 Å². The normalized spacial score (nSPS) is 22.7. The maximum atomic E-state index is 5.95. The number of methoxy groups -OCH3 is 1. The van der Waals surface area contributed by atoms with E-state index in [9.17, 15) is 0 Å². The summed E-state index contributed by atoms with van der Waals surface area (Å²) in [6.45, 7) is 0. The second-order valence-corrected chi connectivity index (χ2v) is 4.97. The van der Waals surface area contributed by atoms with Gasteiger partial charge in [0.15, 0.2) is 0 Å². The average molecular weight is 247 g/mol. The fraction of sp³-hybridized carbons (Fsp3) is 0.333. The fourth-order valence-electron chi connectivity index (χ4n) is 2.61. The first-order valence-electron chi connectivity index (χ1n) is 5.96. The number of ether oxygens (including phenoxy) is 1. The second-order valence-electron chi connectivity index (χ2n) is 4.66. The summed E-state index contributed by atoms with van der Waals surface area (Å²) in [5.74, 6) is 2.95. The number of halogens is 1. The molecular formula is C15H15ClO. The zero-order chi connectivity index (χ0) is 11.8. The molecule has 17 heavy (non-hydrogen) atoms. The highest BCUT2D eigenvalue weighted by Gasteiger charge is 2.40. The first kappa shape index (κ1) is 10.9. The Balaban J connectivity index is 2.18. The van der Waals surface area contributed by atoms with E-state index in [4.69, 9.17) is 16.3 Å². The molecule has 1 aliphatic carbocycles. The van der Waals surface area contributed by atoms with Gasteiger partial charge in [-0.3, -0.25) is 0 Å². The fourth-order valence-corrected chi connectivity index (χ4v) is 2.95. The number of fused-ring (bicyclic) bond motifs is 1. The van der Waals surface area contributed by atoms with Crippen LogP contribution < -0.4 is 4.74 Å². The van der Waals surface area contributed by atoms with Gasteiger partial charge in [-0.05, 0) is 35.1 Å². The minimum absolute atomic E-state index is 0.577. The van der Waals surface area contributed by atoms with Crippen molar-refractivity contribution >= 4 is 22.4 Å². The topological polar surface area (TPSA) is 9.23 Å². The second kappa shape index (κ2) is 4.23. The van der Waals surface area contributed by atoms with Crippen LogP contribution in [0.25, 0.3) is 10.8 Å². The third-order valence-electron chi connectivity index (χ3n) is 3.64. The smallest absolute Gasteiger partial charge is 0.122 e. The van der Waals surface area contributed by atoms with Crippen LogP contribution in [-0.2, 0) is 0 Å². The number of rotatable bonds is 3. The Morgan fingerprint density at radius 2 is 2.06 bits per heavy atom. The Morgan fingerprint density at radius 3 is 2.76 bits per heavy atom. The maximum Gasteiger partial charge on any atom is 0.122 e. The molecule has 88 valence electrons. The van der Waals surface area contributed by atoms with Crippen LogP contribution in [0, 0.1) is 5.92 Å². The highest BCUT2D eigenvalue weighted by Crippen LogP contribution is 2.52. The number of alkyl halides is 1. The Bertz CT molecular complexity index is 550. The van der Waals surface area contributed by atoms with Gasteiger partial charge in [-0.15, -0.1) is 11.6 Å². The molecule has 2 aromatic rings. The van der Waals surface area contributed by atoms with Crippen molar-refractivity contribution in [3.05, 3.63) is 42.0 Å². The molecule has 3 rings (SSSR count). The van der Waals surface area contributed by atoms with Crippen molar-refractivity contribution in [1.82, 2.24) is 0 Å². The summed E-state index contributed by atoms with van der Waals surface area (Å²) in [5.41, 5.74) is 1.34. The third-order valence-corrected chi connectivity index (χ3v) is 4.04. The standard InChI is InChI=1S/C15H15ClO/c1-17-14-7-6-10-4-2-3-5-12(10)15(14)13-8-11(13)9-16/h2-7,11,13H,8-9H2,1H3. The van der Waals surface area contributed by atoms with Crippen LogP contribution in [0.4, 0.5) is 0 Å². The summed E-state index contributed by atoms with van der Waals surface area (Å²) in [4.78, 5) is 0. The number of benzene rings is 2. The van der Waals surface area contributed by atoms with Gasteiger partial charge in [0.1, 0.15) is 5.75 Å². The van der Waals surface area contributed by atoms with E-state index in [1.807, 2.05) is 0 Å². The minimum atomic E-state index is 0.577. The van der Waals surface area contributed by atoms with E-state index in [2.05, 4.69) is 36.4 Å². The van der Waals surface area contributed by atoms with Crippen molar-refractivity contribution in [2.75, 3.05) is 13.0 Å². The summed E-state index contributed by atoms with van der Waals surface area (Å²) in [6, 6.07) is 12.7. The Kier molecular flexibility index (Phi) is 2.71. The molecule has 0 N–H and O–H groups in total. The molecule has 2 atom stereocenters. The van der Waals surface area contributed by atoms with Crippen molar-refractivity contribution in [1.29, 1.82) is 0 Å². The van der Waals surface area contributed by atoms with Gasteiger partial charge >= 0.3 is 0 Å². The van der Waals surface area contributed by atoms with E-state index >= 15 is 0 Å². The molecular weight excluding hydrogens is 232 g/mol. The van der Waals surface area contributed by atoms with E-state index in [0.29, 0.717) is 11.8 Å². The maximum absolute atomic E-state index is 5.95. The van der Waals surface area contributed by atoms with E-state index < -0.39 is 0 Å². The van der Waals surface area contributed by atoms with Gasteiger partial charge in [0.2, 0.25) is 0 Å². The van der Waals surface area contributed by atoms with Gasteiger partial charge in [0.05, 0.1) is 7.11 Å². The SMILES string of the molecule is COc1ccc2ccccc2c1C1CC1CCl. The van der Waals surface area contributed by atoms with Crippen molar-refractivity contribution in [3.8, 4) is 5.75 Å². The lowest BCUT2D eigenvalue weighted by Gasteiger charge is -2.11. The van der Waals surface area contributed by atoms with Gasteiger partial charge in [0, 0.05) is 11.4 Å². The van der Waals surface area contributed by atoms with Crippen LogP contribution in [0.3, 0.4) is 0 Å². The Hall–Kier alpha value is -1.21. The van der Waals surface area contributed by atoms with Crippen LogP contribution in [-0.4, -0.2) is 13.0 Å². The molecule has 0 amide bonds. The molecule has 1 aliphatic rings. The highest BCUT2D eigenvalue weighted by molar-refractivity contribution is 6.18. The lowest BCUT2D eigenvalue weighted by Crippen LogP contribution is -1.93. The van der Waals surface area contributed by atoms with Gasteiger partial charge in [-0.1, -0.05) is 30.3 Å². The predicted molar refractivity (Wildman–Crippen MR) is 72.1 cm³/mol. The summed E-state index contributed by atoms with van der Waals surface area (Å²) in [7, 11) is 1.74. The number of hydrogen-bond acceptors (Lipinski definition) is 1. The molecule has 0 saturated heterocycles. The van der Waals surface area contributed by atoms with Crippen molar-refractivity contribution in [2.45, 2.75) is 12.3 Å². The molecule has 1 fully saturated rings. The molecule has 0 radical (unpaired) electrons. The molecule has 0 bridgehead atoms. The summed E-state index contributed by atoms with van der Waals surface area (Å²) in [5, 5.41) is 2.59. The van der Waals surface area contributed by atoms with Gasteiger partial charge in [-0.25, -0.2) is 0 Å². The molecule has 0 aliphatic heterocycles. The lowest BCUT2D eigenvalue weighted by molar-refractivity contribution is 0.410. The molecule has 2 aromatic carbocycles. The zero-order valence-electron chi connectivity index (χ0n) is 9.82. The summed E-state index contributed by atoms with van der Waals surface area (Å²) < 4.78 is 5.50. The first-order chi connectivity index (χ1) is 8.35. The van der Waals surface area contributed by atoms with E-state index in [1.54, 1.807) is 7.11 Å². The monoisotopic (exact) mass is 246 g/mol. The quantitative estimate of drug-likeness (QED) is 0.738. The number of hydrogen-bond donors (Lipinski definition) is 0. The molecule has 1 nitrogen and oxygen atoms in total. The molecule has 0 heterocycles. The van der Waals surface area contributed by atoms with Gasteiger partial charge in [-0.2, -0.15) is 0 Å². The zero-order valence-corrected chi connectivity index (χ0v) is 10.6. The van der Waals surface area contributed by atoms with Crippen LogP contribution >= 0.6 is 11.6 Å². The summed E-state index contributed by atoms with van der Waals surface area (Å²) in [6.07, 6.45) is 1.19. The first-order valence-corrected chi connectivity index (χ1v) is 6.50. The largest absolute Gasteiger partial charge is 0.496 e. The molecule has 2 unspecified atom stereocenters. The molecule has 1 saturated carbocycles. The summed E-state index contributed by atoms with van der Waals surface area (Å²) >= 11 is 5.95. The van der Waals surface area contributed by atoms with Crippen molar-refractivity contribution in [3.63, 3.8) is 0 Å². The van der Waals surface area contributed by atoms with Crippen LogP contribution in [0.1, 0.15) is 17.9 Å². The average Bonchev–Trinajstić information content (AvgIpc) is 3.16. The lowest BCUT2D eigenvalue weighted by atomic mass is 9.99. The molecule has 0 aromatic heterocycles. The van der Waals surface area contributed by atoms with Crippen LogP contribution in [0.15, 0.2) is 36.4 Å². The molecule has 2 heteroatoms. The minimum Gasteiger partial charge on any atom is -0.496 e. The van der Waals surface area contributed by atoms with Crippen molar-refractivity contribution < 1.29 is 4.74 Å². The Labute approximate surface area is 106 Å². The Morgan fingerprint density at radius 1 is 1.24 bits per heavy atom. The molecule has 0 spiro atoms. The third kappa shape index (κ3) is 1.79. The predicted octanol–water partition coefficient (Wildman–Crippen LogP) is 4.19. The van der Waals surface area contributed by atoms with Crippen LogP contribution in [0.2, 0.25) is 0 Å².